The first-order valence-electron chi connectivity index (χ1n) is 13.0. The van der Waals surface area contributed by atoms with Gasteiger partial charge in [0.1, 0.15) is 0 Å². The van der Waals surface area contributed by atoms with Crippen LogP contribution in [0.15, 0.2) is 158 Å². The summed E-state index contributed by atoms with van der Waals surface area (Å²) in [6.45, 7) is 0. The van der Waals surface area contributed by atoms with Crippen molar-refractivity contribution in [1.29, 1.82) is 0 Å². The van der Waals surface area contributed by atoms with Gasteiger partial charge in [-0.1, -0.05) is 133 Å². The molecule has 6 aromatic carbocycles. The molecule has 0 bridgehead atoms. The van der Waals surface area contributed by atoms with Crippen molar-refractivity contribution in [3.05, 3.63) is 158 Å². The monoisotopic (exact) mass is 487 g/mol. The minimum absolute atomic E-state index is 1.15. The summed E-state index contributed by atoms with van der Waals surface area (Å²) in [7, 11) is 2.14. The van der Waals surface area contributed by atoms with Gasteiger partial charge < -0.3 is 4.90 Å². The lowest BCUT2D eigenvalue weighted by Crippen LogP contribution is -2.09. The van der Waals surface area contributed by atoms with Crippen LogP contribution < -0.4 is 4.90 Å². The van der Waals surface area contributed by atoms with Gasteiger partial charge in [-0.05, 0) is 68.8 Å². The normalized spacial score (nSPS) is 10.8. The van der Waals surface area contributed by atoms with Crippen molar-refractivity contribution < 1.29 is 0 Å². The van der Waals surface area contributed by atoms with Crippen LogP contribution in [0, 0.1) is 0 Å². The molecule has 0 aromatic heterocycles. The predicted molar refractivity (Wildman–Crippen MR) is 163 cm³/mol. The van der Waals surface area contributed by atoms with Gasteiger partial charge in [0.25, 0.3) is 0 Å². The molecule has 0 heterocycles. The van der Waals surface area contributed by atoms with E-state index in [4.69, 9.17) is 0 Å². The fraction of sp³-hybridized carbons (Fsp3) is 0.0270. The van der Waals surface area contributed by atoms with Crippen LogP contribution in [0.1, 0.15) is 0 Å². The Bertz CT molecular complexity index is 1540. The Labute approximate surface area is 225 Å². The molecule has 0 saturated heterocycles. The van der Waals surface area contributed by atoms with Gasteiger partial charge in [0.15, 0.2) is 0 Å². The number of hydrogen-bond donors (Lipinski definition) is 0. The molecule has 0 N–H and O–H groups in total. The second-order valence-electron chi connectivity index (χ2n) is 9.48. The van der Waals surface area contributed by atoms with Gasteiger partial charge in [-0.25, -0.2) is 0 Å². The van der Waals surface area contributed by atoms with Crippen LogP contribution in [0.25, 0.3) is 44.5 Å². The zero-order valence-corrected chi connectivity index (χ0v) is 21.5. The van der Waals surface area contributed by atoms with E-state index in [1.54, 1.807) is 0 Å². The summed E-state index contributed by atoms with van der Waals surface area (Å²) in [4.78, 5) is 2.27. The molecule has 1 heteroatoms. The topological polar surface area (TPSA) is 3.24 Å². The molecule has 1 nitrogen and oxygen atoms in total. The van der Waals surface area contributed by atoms with E-state index in [0.29, 0.717) is 0 Å². The van der Waals surface area contributed by atoms with E-state index in [1.165, 1.54) is 44.5 Å². The number of benzene rings is 6. The van der Waals surface area contributed by atoms with E-state index in [-0.39, 0.29) is 0 Å². The van der Waals surface area contributed by atoms with E-state index in [0.717, 1.165) is 11.4 Å². The summed E-state index contributed by atoms with van der Waals surface area (Å²) in [5, 5.41) is 0. The zero-order chi connectivity index (χ0) is 25.7. The largest absolute Gasteiger partial charge is 0.345 e. The van der Waals surface area contributed by atoms with Gasteiger partial charge in [0, 0.05) is 18.4 Å². The highest BCUT2D eigenvalue weighted by Crippen LogP contribution is 2.37. The summed E-state index contributed by atoms with van der Waals surface area (Å²) in [5.74, 6) is 0. The fourth-order valence-electron chi connectivity index (χ4n) is 5.12. The minimum atomic E-state index is 1.15. The molecule has 6 aromatic rings. The number of rotatable bonds is 6. The van der Waals surface area contributed by atoms with Gasteiger partial charge in [-0.3, -0.25) is 0 Å². The first kappa shape index (κ1) is 23.5. The Balaban J connectivity index is 1.36. The Morgan fingerprint density at radius 1 is 0.316 bits per heavy atom. The minimum Gasteiger partial charge on any atom is -0.345 e. The van der Waals surface area contributed by atoms with E-state index in [2.05, 4.69) is 170 Å². The maximum absolute atomic E-state index is 2.28. The van der Waals surface area contributed by atoms with Crippen LogP contribution in [0.4, 0.5) is 11.4 Å². The Morgan fingerprint density at radius 2 is 0.632 bits per heavy atom. The maximum Gasteiger partial charge on any atom is 0.0414 e. The second-order valence-corrected chi connectivity index (χ2v) is 9.48. The molecule has 182 valence electrons. The van der Waals surface area contributed by atoms with Crippen molar-refractivity contribution in [3.63, 3.8) is 0 Å². The highest BCUT2D eigenvalue weighted by atomic mass is 15.1. The molecule has 6 rings (SSSR count). The maximum atomic E-state index is 2.28. The standard InChI is InChI=1S/C37H29N/c1-38(32-20-12-18-30(26-32)36-24-10-8-22-34(36)28-14-4-2-5-15-28)33-21-13-19-31(27-33)37-25-11-9-23-35(37)29-16-6-3-7-17-29/h2-27H,1H3. The fourth-order valence-corrected chi connectivity index (χ4v) is 5.12. The summed E-state index contributed by atoms with van der Waals surface area (Å²) < 4.78 is 0. The van der Waals surface area contributed by atoms with Gasteiger partial charge in [0.05, 0.1) is 0 Å². The predicted octanol–water partition coefficient (Wildman–Crippen LogP) is 10.1. The van der Waals surface area contributed by atoms with Crippen LogP contribution in [0.5, 0.6) is 0 Å². The molecule has 38 heavy (non-hydrogen) atoms. The molecule has 0 saturated carbocycles. The van der Waals surface area contributed by atoms with Crippen LogP contribution in [-0.4, -0.2) is 7.05 Å². The van der Waals surface area contributed by atoms with Gasteiger partial charge in [-0.15, -0.1) is 0 Å². The Morgan fingerprint density at radius 3 is 1.03 bits per heavy atom. The van der Waals surface area contributed by atoms with Crippen molar-refractivity contribution in [1.82, 2.24) is 0 Å². The second kappa shape index (κ2) is 10.6. The third-order valence-electron chi connectivity index (χ3n) is 7.11. The molecule has 0 aliphatic carbocycles. The van der Waals surface area contributed by atoms with E-state index in [1.807, 2.05) is 0 Å². The SMILES string of the molecule is CN(c1cccc(-c2ccccc2-c2ccccc2)c1)c1cccc(-c2ccccc2-c2ccccc2)c1. The van der Waals surface area contributed by atoms with Crippen molar-refractivity contribution in [2.75, 3.05) is 11.9 Å². The summed E-state index contributed by atoms with van der Waals surface area (Å²) in [6, 6.07) is 56.1. The number of hydrogen-bond acceptors (Lipinski definition) is 1. The summed E-state index contributed by atoms with van der Waals surface area (Å²) in [6.07, 6.45) is 0. The molecular weight excluding hydrogens is 458 g/mol. The molecule has 0 aliphatic heterocycles. The Hall–Kier alpha value is -4.88. The van der Waals surface area contributed by atoms with Gasteiger partial charge in [-0.2, -0.15) is 0 Å². The highest BCUT2D eigenvalue weighted by Gasteiger charge is 2.12. The van der Waals surface area contributed by atoms with Crippen LogP contribution in [0.2, 0.25) is 0 Å². The molecule has 0 spiro atoms. The van der Waals surface area contributed by atoms with Gasteiger partial charge in [0.2, 0.25) is 0 Å². The van der Waals surface area contributed by atoms with E-state index < -0.39 is 0 Å². The summed E-state index contributed by atoms with van der Waals surface area (Å²) in [5.41, 5.74) is 12.1. The lowest BCUT2D eigenvalue weighted by molar-refractivity contribution is 1.21. The zero-order valence-electron chi connectivity index (χ0n) is 21.5. The molecule has 0 aliphatic rings. The van der Waals surface area contributed by atoms with E-state index >= 15 is 0 Å². The van der Waals surface area contributed by atoms with Crippen molar-refractivity contribution in [2.24, 2.45) is 0 Å². The lowest BCUT2D eigenvalue weighted by atomic mass is 9.94. The van der Waals surface area contributed by atoms with E-state index in [9.17, 15) is 0 Å². The first-order valence-corrected chi connectivity index (χ1v) is 13.0. The average Bonchev–Trinajstić information content (AvgIpc) is 3.02. The third kappa shape index (κ3) is 4.75. The number of nitrogens with zero attached hydrogens (tertiary/aromatic N) is 1. The lowest BCUT2D eigenvalue weighted by Gasteiger charge is -2.22. The molecule has 0 radical (unpaired) electrons. The van der Waals surface area contributed by atoms with Crippen LogP contribution in [-0.2, 0) is 0 Å². The van der Waals surface area contributed by atoms with Crippen molar-refractivity contribution >= 4 is 11.4 Å². The first-order chi connectivity index (χ1) is 18.8. The molecule has 0 amide bonds. The quantitative estimate of drug-likeness (QED) is 0.226. The van der Waals surface area contributed by atoms with Crippen molar-refractivity contribution in [3.8, 4) is 44.5 Å². The Kier molecular flexibility index (Phi) is 6.57. The van der Waals surface area contributed by atoms with Crippen molar-refractivity contribution in [2.45, 2.75) is 0 Å². The summed E-state index contributed by atoms with van der Waals surface area (Å²) >= 11 is 0. The smallest absolute Gasteiger partial charge is 0.0414 e. The highest BCUT2D eigenvalue weighted by molar-refractivity contribution is 5.87. The van der Waals surface area contributed by atoms with Crippen LogP contribution in [0.3, 0.4) is 0 Å². The van der Waals surface area contributed by atoms with Crippen LogP contribution >= 0.6 is 0 Å². The third-order valence-corrected chi connectivity index (χ3v) is 7.11. The molecule has 0 unspecified atom stereocenters. The molecule has 0 atom stereocenters. The molecular formula is C37H29N. The average molecular weight is 488 g/mol. The molecule has 0 fully saturated rings. The number of anilines is 2. The van der Waals surface area contributed by atoms with Gasteiger partial charge >= 0.3 is 0 Å².